The summed E-state index contributed by atoms with van der Waals surface area (Å²) >= 11 is 0. The van der Waals surface area contributed by atoms with Crippen molar-refractivity contribution in [2.45, 2.75) is 6.92 Å². The number of carbonyl (C=O) groups is 1. The first kappa shape index (κ1) is 18.2. The van der Waals surface area contributed by atoms with E-state index < -0.39 is 7.75 Å². The van der Waals surface area contributed by atoms with Gasteiger partial charge in [-0.1, -0.05) is 35.9 Å². The third-order valence-electron chi connectivity index (χ3n) is 3.47. The van der Waals surface area contributed by atoms with Gasteiger partial charge in [-0.15, -0.1) is 0 Å². The van der Waals surface area contributed by atoms with Gasteiger partial charge in [0.25, 0.3) is 5.91 Å². The fourth-order valence-electron chi connectivity index (χ4n) is 2.01. The molecule has 128 valence electrons. The van der Waals surface area contributed by atoms with E-state index in [1.54, 1.807) is 36.4 Å². The number of carbonyl (C=O) groups excluding carboxylic acids is 1. The van der Waals surface area contributed by atoms with Crippen LogP contribution in [-0.4, -0.2) is 31.0 Å². The Morgan fingerprint density at radius 1 is 1.17 bits per heavy atom. The van der Waals surface area contributed by atoms with E-state index in [0.29, 0.717) is 11.3 Å². The number of nitrogens with one attached hydrogen (secondary N) is 1. The molecule has 0 aliphatic rings. The zero-order valence-electron chi connectivity index (χ0n) is 13.7. The summed E-state index contributed by atoms with van der Waals surface area (Å²) in [6.45, 7) is 2.01. The topological polar surface area (TPSA) is 78.9 Å². The average molecular weight is 348 g/mol. The summed E-state index contributed by atoms with van der Waals surface area (Å²) in [5.74, 6) is -0.247. The first-order valence-electron chi connectivity index (χ1n) is 7.51. The van der Waals surface area contributed by atoms with Gasteiger partial charge >= 0.3 is 7.75 Å². The summed E-state index contributed by atoms with van der Waals surface area (Å²) in [5, 5.41) is 2.66. The van der Waals surface area contributed by atoms with Gasteiger partial charge in [0.2, 0.25) is 0 Å². The number of para-hydroxylation sites is 1. The SMILES string of the molecule is Cc1ccc(C(=O)NCCOP(=O)(O)N(C)c2ccccc2)cc1. The standard InChI is InChI=1S/C17H21N2O4P/c1-14-8-10-15(11-9-14)17(20)18-12-13-23-24(21,22)19(2)16-6-4-3-5-7-16/h3-11H,12-13H2,1-2H3,(H,18,20)(H,21,22). The van der Waals surface area contributed by atoms with Crippen molar-refractivity contribution in [1.82, 2.24) is 5.32 Å². The molecule has 7 heteroatoms. The summed E-state index contributed by atoms with van der Waals surface area (Å²) in [6.07, 6.45) is 0. The van der Waals surface area contributed by atoms with Crippen LogP contribution < -0.4 is 9.99 Å². The van der Waals surface area contributed by atoms with E-state index in [9.17, 15) is 14.3 Å². The lowest BCUT2D eigenvalue weighted by Crippen LogP contribution is -2.27. The molecule has 2 rings (SSSR count). The number of hydrogen-bond donors (Lipinski definition) is 2. The summed E-state index contributed by atoms with van der Waals surface area (Å²) in [5.41, 5.74) is 2.18. The van der Waals surface area contributed by atoms with Crippen molar-refractivity contribution >= 4 is 19.3 Å². The smallest absolute Gasteiger partial charge is 0.350 e. The third kappa shape index (κ3) is 4.93. The van der Waals surface area contributed by atoms with Crippen LogP contribution in [0.3, 0.4) is 0 Å². The molecule has 0 radical (unpaired) electrons. The van der Waals surface area contributed by atoms with Gasteiger partial charge < -0.3 is 10.2 Å². The van der Waals surface area contributed by atoms with Gasteiger partial charge in [-0.2, -0.15) is 0 Å². The fourth-order valence-corrected chi connectivity index (χ4v) is 2.94. The molecular weight excluding hydrogens is 327 g/mol. The van der Waals surface area contributed by atoms with Gasteiger partial charge in [0.05, 0.1) is 6.61 Å². The molecule has 6 nitrogen and oxygen atoms in total. The van der Waals surface area contributed by atoms with Gasteiger partial charge in [-0.25, -0.2) is 4.57 Å². The number of anilines is 1. The quantitative estimate of drug-likeness (QED) is 0.594. The van der Waals surface area contributed by atoms with E-state index in [0.717, 1.165) is 5.56 Å². The van der Waals surface area contributed by atoms with Crippen molar-refractivity contribution in [1.29, 1.82) is 0 Å². The van der Waals surface area contributed by atoms with Crippen LogP contribution in [0.1, 0.15) is 15.9 Å². The van der Waals surface area contributed by atoms with Gasteiger partial charge in [0.15, 0.2) is 0 Å². The number of rotatable bonds is 7. The summed E-state index contributed by atoms with van der Waals surface area (Å²) in [4.78, 5) is 21.9. The molecule has 0 spiro atoms. The Bertz CT molecular complexity index is 719. The minimum atomic E-state index is -3.96. The second-order valence-electron chi connectivity index (χ2n) is 5.30. The van der Waals surface area contributed by atoms with E-state index >= 15 is 0 Å². The van der Waals surface area contributed by atoms with Crippen LogP contribution in [0.15, 0.2) is 54.6 Å². The second kappa shape index (κ2) is 8.11. The summed E-state index contributed by atoms with van der Waals surface area (Å²) < 4.78 is 18.5. The molecule has 0 bridgehead atoms. The van der Waals surface area contributed by atoms with Gasteiger partial charge in [-0.3, -0.25) is 14.0 Å². The minimum Gasteiger partial charge on any atom is -0.350 e. The van der Waals surface area contributed by atoms with E-state index in [1.807, 2.05) is 25.1 Å². The molecular formula is C17H21N2O4P. The zero-order valence-corrected chi connectivity index (χ0v) is 14.6. The fraction of sp³-hybridized carbons (Fsp3) is 0.235. The molecule has 1 amide bonds. The van der Waals surface area contributed by atoms with Gasteiger partial charge in [0.1, 0.15) is 0 Å². The predicted octanol–water partition coefficient (Wildman–Crippen LogP) is 2.98. The molecule has 2 aromatic carbocycles. The molecule has 0 aliphatic carbocycles. The van der Waals surface area contributed by atoms with Crippen molar-refractivity contribution in [3.8, 4) is 0 Å². The Balaban J connectivity index is 1.81. The third-order valence-corrected chi connectivity index (χ3v) is 4.98. The Morgan fingerprint density at radius 2 is 1.79 bits per heavy atom. The molecule has 1 unspecified atom stereocenters. The Kier molecular flexibility index (Phi) is 6.15. The van der Waals surface area contributed by atoms with Crippen LogP contribution in [-0.2, 0) is 9.09 Å². The van der Waals surface area contributed by atoms with Crippen molar-refractivity contribution in [2.75, 3.05) is 24.9 Å². The molecule has 0 saturated heterocycles. The van der Waals surface area contributed by atoms with E-state index in [1.165, 1.54) is 11.7 Å². The second-order valence-corrected chi connectivity index (χ2v) is 7.14. The number of amides is 1. The number of hydrogen-bond acceptors (Lipinski definition) is 3. The highest BCUT2D eigenvalue weighted by Gasteiger charge is 2.26. The van der Waals surface area contributed by atoms with Crippen LogP contribution in [0, 0.1) is 6.92 Å². The Labute approximate surface area is 141 Å². The summed E-state index contributed by atoms with van der Waals surface area (Å²) in [6, 6.07) is 15.9. The van der Waals surface area contributed by atoms with Crippen LogP contribution >= 0.6 is 7.75 Å². The normalized spacial score (nSPS) is 13.1. The van der Waals surface area contributed by atoms with Crippen molar-refractivity contribution in [2.24, 2.45) is 0 Å². The molecule has 0 saturated carbocycles. The molecule has 0 aromatic heterocycles. The largest absolute Gasteiger partial charge is 0.432 e. The Hall–Kier alpha value is -2.14. The first-order valence-corrected chi connectivity index (χ1v) is 9.04. The van der Waals surface area contributed by atoms with Crippen LogP contribution in [0.5, 0.6) is 0 Å². The maximum atomic E-state index is 12.2. The van der Waals surface area contributed by atoms with Gasteiger partial charge in [-0.05, 0) is 31.2 Å². The van der Waals surface area contributed by atoms with Crippen molar-refractivity contribution in [3.05, 3.63) is 65.7 Å². The maximum absolute atomic E-state index is 12.2. The van der Waals surface area contributed by atoms with Crippen molar-refractivity contribution < 1.29 is 18.8 Å². The highest BCUT2D eigenvalue weighted by molar-refractivity contribution is 7.54. The lowest BCUT2D eigenvalue weighted by molar-refractivity contribution is 0.0945. The average Bonchev–Trinajstić information content (AvgIpc) is 2.59. The molecule has 2 aromatic rings. The van der Waals surface area contributed by atoms with Crippen LogP contribution in [0.4, 0.5) is 5.69 Å². The van der Waals surface area contributed by atoms with Crippen LogP contribution in [0.2, 0.25) is 0 Å². The predicted molar refractivity (Wildman–Crippen MR) is 94.1 cm³/mol. The number of benzene rings is 2. The monoisotopic (exact) mass is 348 g/mol. The Morgan fingerprint density at radius 3 is 2.42 bits per heavy atom. The first-order chi connectivity index (χ1) is 11.4. The molecule has 0 aliphatic heterocycles. The van der Waals surface area contributed by atoms with Gasteiger partial charge in [0, 0.05) is 24.8 Å². The number of aryl methyl sites for hydroxylation is 1. The lowest BCUT2D eigenvalue weighted by atomic mass is 10.1. The van der Waals surface area contributed by atoms with E-state index in [-0.39, 0.29) is 19.1 Å². The van der Waals surface area contributed by atoms with E-state index in [2.05, 4.69) is 5.32 Å². The lowest BCUT2D eigenvalue weighted by Gasteiger charge is -2.24. The maximum Gasteiger partial charge on any atom is 0.432 e. The summed E-state index contributed by atoms with van der Waals surface area (Å²) in [7, 11) is -2.47. The minimum absolute atomic E-state index is 0.0669. The molecule has 0 fully saturated rings. The zero-order chi connectivity index (χ0) is 17.6. The van der Waals surface area contributed by atoms with Crippen LogP contribution in [0.25, 0.3) is 0 Å². The molecule has 0 heterocycles. The number of nitrogens with zero attached hydrogens (tertiary/aromatic N) is 1. The molecule has 2 N–H and O–H groups in total. The molecule has 24 heavy (non-hydrogen) atoms. The molecule has 1 atom stereocenters. The van der Waals surface area contributed by atoms with Crippen molar-refractivity contribution in [3.63, 3.8) is 0 Å². The highest BCUT2D eigenvalue weighted by Crippen LogP contribution is 2.47. The van der Waals surface area contributed by atoms with E-state index in [4.69, 9.17) is 4.52 Å². The highest BCUT2D eigenvalue weighted by atomic mass is 31.2.